The number of rotatable bonds is 5. The minimum Gasteiger partial charge on any atom is -0.481 e. The fraction of sp³-hybridized carbons (Fsp3) is 0.300. The number of hydrogen-bond acceptors (Lipinski definition) is 3. The van der Waals surface area contributed by atoms with Crippen molar-refractivity contribution in [2.45, 2.75) is 12.8 Å². The van der Waals surface area contributed by atoms with Gasteiger partial charge in [0.05, 0.1) is 6.42 Å². The molecule has 4 heteroatoms. The first kappa shape index (κ1) is 10.4. The molecule has 0 amide bonds. The molecule has 0 spiro atoms. The molecule has 1 aromatic rings. The van der Waals surface area contributed by atoms with Gasteiger partial charge in [-0.15, -0.1) is 0 Å². The Morgan fingerprint density at radius 2 is 2.36 bits per heavy atom. The molecule has 1 aromatic heterocycles. The number of aliphatic carboxylic acids is 1. The number of pyridine rings is 1. The Bertz CT molecular complexity index is 310. The largest absolute Gasteiger partial charge is 0.481 e. The van der Waals surface area contributed by atoms with Crippen LogP contribution in [-0.4, -0.2) is 22.3 Å². The number of carboxylic acids is 1. The summed E-state index contributed by atoms with van der Waals surface area (Å²) in [7, 11) is 0. The Kier molecular flexibility index (Phi) is 3.79. The molecule has 1 rings (SSSR count). The molecule has 0 radical (unpaired) electrons. The van der Waals surface area contributed by atoms with Crippen molar-refractivity contribution in [2.24, 2.45) is 5.92 Å². The van der Waals surface area contributed by atoms with Crippen molar-refractivity contribution in [1.82, 2.24) is 4.98 Å². The molecule has 74 valence electrons. The monoisotopic (exact) mass is 193 g/mol. The van der Waals surface area contributed by atoms with Crippen molar-refractivity contribution in [3.05, 3.63) is 30.1 Å². The molecule has 1 N–H and O–H groups in total. The van der Waals surface area contributed by atoms with Gasteiger partial charge in [0.2, 0.25) is 0 Å². The van der Waals surface area contributed by atoms with Gasteiger partial charge in [0.1, 0.15) is 6.29 Å². The van der Waals surface area contributed by atoms with Gasteiger partial charge in [0.25, 0.3) is 0 Å². The van der Waals surface area contributed by atoms with E-state index in [1.54, 1.807) is 18.3 Å². The van der Waals surface area contributed by atoms with Crippen molar-refractivity contribution >= 4 is 12.3 Å². The van der Waals surface area contributed by atoms with E-state index in [0.717, 1.165) is 5.69 Å². The summed E-state index contributed by atoms with van der Waals surface area (Å²) in [6, 6.07) is 5.36. The lowest BCUT2D eigenvalue weighted by atomic mass is 10.0. The fourth-order valence-corrected chi connectivity index (χ4v) is 1.18. The summed E-state index contributed by atoms with van der Waals surface area (Å²) in [4.78, 5) is 25.0. The summed E-state index contributed by atoms with van der Waals surface area (Å²) in [5.74, 6) is -1.44. The molecule has 0 aliphatic rings. The Morgan fingerprint density at radius 1 is 1.57 bits per heavy atom. The third-order valence-corrected chi connectivity index (χ3v) is 1.83. The first-order valence-electron chi connectivity index (χ1n) is 4.29. The molecule has 14 heavy (non-hydrogen) atoms. The Labute approximate surface area is 81.6 Å². The van der Waals surface area contributed by atoms with E-state index >= 15 is 0 Å². The van der Waals surface area contributed by atoms with E-state index < -0.39 is 11.9 Å². The van der Waals surface area contributed by atoms with Crippen LogP contribution in [0.15, 0.2) is 24.4 Å². The maximum atomic E-state index is 10.6. The van der Waals surface area contributed by atoms with E-state index in [9.17, 15) is 9.59 Å². The van der Waals surface area contributed by atoms with Gasteiger partial charge in [-0.25, -0.2) is 0 Å². The van der Waals surface area contributed by atoms with E-state index in [2.05, 4.69) is 4.98 Å². The van der Waals surface area contributed by atoms with E-state index in [4.69, 9.17) is 5.11 Å². The summed E-state index contributed by atoms with van der Waals surface area (Å²) >= 11 is 0. The van der Waals surface area contributed by atoms with Crippen LogP contribution in [0.3, 0.4) is 0 Å². The molecule has 1 unspecified atom stereocenters. The molecule has 0 aromatic carbocycles. The summed E-state index contributed by atoms with van der Waals surface area (Å²) in [5, 5.41) is 8.51. The Morgan fingerprint density at radius 3 is 2.86 bits per heavy atom. The van der Waals surface area contributed by atoms with Crippen LogP contribution in [0.2, 0.25) is 0 Å². The molecular weight excluding hydrogens is 182 g/mol. The third-order valence-electron chi connectivity index (χ3n) is 1.83. The molecule has 0 aliphatic carbocycles. The predicted molar refractivity (Wildman–Crippen MR) is 49.7 cm³/mol. The smallest absolute Gasteiger partial charge is 0.304 e. The highest BCUT2D eigenvalue weighted by Gasteiger charge is 2.13. The number of aromatic nitrogens is 1. The fourth-order valence-electron chi connectivity index (χ4n) is 1.18. The summed E-state index contributed by atoms with van der Waals surface area (Å²) in [5.41, 5.74) is 0.742. The molecule has 0 fully saturated rings. The van der Waals surface area contributed by atoms with Crippen molar-refractivity contribution in [3.63, 3.8) is 0 Å². The molecule has 1 atom stereocenters. The summed E-state index contributed by atoms with van der Waals surface area (Å²) < 4.78 is 0. The maximum Gasteiger partial charge on any atom is 0.304 e. The SMILES string of the molecule is O=CC(CC(=O)O)Cc1ccccn1. The van der Waals surface area contributed by atoms with Crippen molar-refractivity contribution in [2.75, 3.05) is 0 Å². The standard InChI is InChI=1S/C10H11NO3/c12-7-8(6-10(13)14)5-9-3-1-2-4-11-9/h1-4,7-8H,5-6H2,(H,13,14). The van der Waals surface area contributed by atoms with Crippen LogP contribution < -0.4 is 0 Å². The van der Waals surface area contributed by atoms with Crippen LogP contribution in [-0.2, 0) is 16.0 Å². The third kappa shape index (κ3) is 3.35. The van der Waals surface area contributed by atoms with Gasteiger partial charge in [-0.2, -0.15) is 0 Å². The molecule has 0 bridgehead atoms. The maximum absolute atomic E-state index is 10.6. The lowest BCUT2D eigenvalue weighted by Gasteiger charge is -2.05. The van der Waals surface area contributed by atoms with Gasteiger partial charge in [0, 0.05) is 17.8 Å². The van der Waals surface area contributed by atoms with E-state index in [1.807, 2.05) is 6.07 Å². The van der Waals surface area contributed by atoms with Crippen LogP contribution in [0, 0.1) is 5.92 Å². The highest BCUT2D eigenvalue weighted by Crippen LogP contribution is 2.07. The number of nitrogens with zero attached hydrogens (tertiary/aromatic N) is 1. The zero-order valence-electron chi connectivity index (χ0n) is 7.59. The first-order valence-corrected chi connectivity index (χ1v) is 4.29. The average molecular weight is 193 g/mol. The molecule has 0 saturated heterocycles. The minimum atomic E-state index is -0.960. The van der Waals surface area contributed by atoms with Crippen molar-refractivity contribution in [1.29, 1.82) is 0 Å². The van der Waals surface area contributed by atoms with E-state index in [1.165, 1.54) is 0 Å². The number of hydrogen-bond donors (Lipinski definition) is 1. The average Bonchev–Trinajstić information content (AvgIpc) is 2.17. The molecule has 4 nitrogen and oxygen atoms in total. The molecule has 1 heterocycles. The predicted octanol–water partition coefficient (Wildman–Crippen LogP) is 0.914. The lowest BCUT2D eigenvalue weighted by Crippen LogP contribution is -2.12. The van der Waals surface area contributed by atoms with Gasteiger partial charge < -0.3 is 9.90 Å². The Hall–Kier alpha value is -1.71. The van der Waals surface area contributed by atoms with Crippen molar-refractivity contribution < 1.29 is 14.7 Å². The number of aldehydes is 1. The topological polar surface area (TPSA) is 67.3 Å². The van der Waals surface area contributed by atoms with Gasteiger partial charge in [0.15, 0.2) is 0 Å². The van der Waals surface area contributed by atoms with Crippen LogP contribution in [0.1, 0.15) is 12.1 Å². The first-order chi connectivity index (χ1) is 6.72. The van der Waals surface area contributed by atoms with Crippen LogP contribution in [0.25, 0.3) is 0 Å². The Balaban J connectivity index is 2.57. The summed E-state index contributed by atoms with van der Waals surface area (Å²) in [6.07, 6.45) is 2.54. The van der Waals surface area contributed by atoms with Gasteiger partial charge in [-0.05, 0) is 18.6 Å². The van der Waals surface area contributed by atoms with E-state index in [0.29, 0.717) is 12.7 Å². The van der Waals surface area contributed by atoms with Gasteiger partial charge >= 0.3 is 5.97 Å². The number of carbonyl (C=O) groups excluding carboxylic acids is 1. The lowest BCUT2D eigenvalue weighted by molar-refractivity contribution is -0.139. The highest BCUT2D eigenvalue weighted by atomic mass is 16.4. The zero-order valence-corrected chi connectivity index (χ0v) is 7.59. The highest BCUT2D eigenvalue weighted by molar-refractivity contribution is 5.71. The second-order valence-electron chi connectivity index (χ2n) is 3.02. The van der Waals surface area contributed by atoms with E-state index in [-0.39, 0.29) is 6.42 Å². The van der Waals surface area contributed by atoms with Crippen LogP contribution in [0.4, 0.5) is 0 Å². The zero-order chi connectivity index (χ0) is 10.4. The second-order valence-corrected chi connectivity index (χ2v) is 3.02. The summed E-state index contributed by atoms with van der Waals surface area (Å²) in [6.45, 7) is 0. The number of carbonyl (C=O) groups is 2. The molecule has 0 saturated carbocycles. The van der Waals surface area contributed by atoms with Gasteiger partial charge in [-0.3, -0.25) is 9.78 Å². The number of carboxylic acid groups (broad SMARTS) is 1. The van der Waals surface area contributed by atoms with Gasteiger partial charge in [-0.1, -0.05) is 6.07 Å². The molecule has 0 aliphatic heterocycles. The second kappa shape index (κ2) is 5.11. The normalized spacial score (nSPS) is 12.0. The minimum absolute atomic E-state index is 0.139. The van der Waals surface area contributed by atoms with Crippen LogP contribution >= 0.6 is 0 Å². The molecular formula is C10H11NO3. The quantitative estimate of drug-likeness (QED) is 0.706. The van der Waals surface area contributed by atoms with Crippen LogP contribution in [0.5, 0.6) is 0 Å². The van der Waals surface area contributed by atoms with Crippen molar-refractivity contribution in [3.8, 4) is 0 Å².